The van der Waals surface area contributed by atoms with Crippen molar-refractivity contribution in [2.45, 2.75) is 32.4 Å². The zero-order valence-corrected chi connectivity index (χ0v) is 11.1. The van der Waals surface area contributed by atoms with Crippen LogP contribution in [0.4, 0.5) is 0 Å². The van der Waals surface area contributed by atoms with Crippen molar-refractivity contribution in [1.29, 1.82) is 0 Å². The number of hydrogen-bond donors (Lipinski definition) is 1. The third-order valence-electron chi connectivity index (χ3n) is 3.47. The van der Waals surface area contributed by atoms with E-state index >= 15 is 0 Å². The van der Waals surface area contributed by atoms with Gasteiger partial charge in [0, 0.05) is 19.1 Å². The zero-order chi connectivity index (χ0) is 12.3. The van der Waals surface area contributed by atoms with Crippen molar-refractivity contribution in [3.05, 3.63) is 35.9 Å². The third-order valence-corrected chi connectivity index (χ3v) is 3.60. The fourth-order valence-corrected chi connectivity index (χ4v) is 2.40. The first-order chi connectivity index (χ1) is 8.16. The topological polar surface area (TPSA) is 29.3 Å². The summed E-state index contributed by atoms with van der Waals surface area (Å²) in [6, 6.07) is 11.1. The van der Waals surface area contributed by atoms with Crippen molar-refractivity contribution in [3.63, 3.8) is 0 Å². The van der Waals surface area contributed by atoms with Crippen LogP contribution >= 0.6 is 12.2 Å². The average molecular weight is 248 g/mol. The molecule has 3 heteroatoms. The lowest BCUT2D eigenvalue weighted by molar-refractivity contribution is 0.209. The predicted octanol–water partition coefficient (Wildman–Crippen LogP) is 2.57. The van der Waals surface area contributed by atoms with Gasteiger partial charge in [0.15, 0.2) is 0 Å². The van der Waals surface area contributed by atoms with Crippen molar-refractivity contribution in [1.82, 2.24) is 4.90 Å². The lowest BCUT2D eigenvalue weighted by Gasteiger charge is -2.28. The monoisotopic (exact) mass is 248 g/mol. The molecule has 0 radical (unpaired) electrons. The van der Waals surface area contributed by atoms with Gasteiger partial charge in [-0.3, -0.25) is 4.90 Å². The minimum absolute atomic E-state index is 0.580. The Morgan fingerprint density at radius 1 is 1.41 bits per heavy atom. The Hall–Kier alpha value is -0.930. The van der Waals surface area contributed by atoms with Gasteiger partial charge < -0.3 is 5.73 Å². The summed E-state index contributed by atoms with van der Waals surface area (Å²) >= 11 is 5.05. The minimum atomic E-state index is 0.580. The van der Waals surface area contributed by atoms with Gasteiger partial charge in [-0.25, -0.2) is 0 Å². The summed E-state index contributed by atoms with van der Waals surface area (Å²) in [5.74, 6) is 0.841. The molecule has 0 aromatic heterocycles. The number of rotatable bonds is 6. The van der Waals surface area contributed by atoms with Crippen LogP contribution in [-0.2, 0) is 6.54 Å². The van der Waals surface area contributed by atoms with Gasteiger partial charge >= 0.3 is 0 Å². The molecular weight excluding hydrogens is 228 g/mol. The van der Waals surface area contributed by atoms with Gasteiger partial charge in [0.1, 0.15) is 0 Å². The van der Waals surface area contributed by atoms with E-state index in [9.17, 15) is 0 Å². The van der Waals surface area contributed by atoms with Crippen LogP contribution in [0.1, 0.15) is 25.3 Å². The normalized spacial score (nSPS) is 17.1. The maximum atomic E-state index is 5.70. The first-order valence-electron chi connectivity index (χ1n) is 6.23. The Bertz CT molecular complexity index is 373. The summed E-state index contributed by atoms with van der Waals surface area (Å²) < 4.78 is 0. The molecule has 1 aliphatic carbocycles. The van der Waals surface area contributed by atoms with Crippen molar-refractivity contribution >= 4 is 17.2 Å². The molecule has 0 spiro atoms. The second kappa shape index (κ2) is 5.61. The van der Waals surface area contributed by atoms with Crippen molar-refractivity contribution in [3.8, 4) is 0 Å². The van der Waals surface area contributed by atoms with E-state index in [0.717, 1.165) is 19.0 Å². The van der Waals surface area contributed by atoms with E-state index in [4.69, 9.17) is 18.0 Å². The second-order valence-corrected chi connectivity index (χ2v) is 5.46. The highest BCUT2D eigenvalue weighted by Crippen LogP contribution is 2.35. The van der Waals surface area contributed by atoms with E-state index < -0.39 is 0 Å². The van der Waals surface area contributed by atoms with E-state index in [1.54, 1.807) is 0 Å². The SMILES string of the molecule is CC(C1CC1)N(CC(N)=S)Cc1ccccc1. The molecule has 0 bridgehead atoms. The lowest BCUT2D eigenvalue weighted by Crippen LogP contribution is -2.39. The van der Waals surface area contributed by atoms with Crippen LogP contribution in [0.25, 0.3) is 0 Å². The maximum Gasteiger partial charge on any atom is 0.0870 e. The highest BCUT2D eigenvalue weighted by Gasteiger charge is 2.32. The smallest absolute Gasteiger partial charge is 0.0870 e. The molecule has 1 saturated carbocycles. The number of benzene rings is 1. The molecule has 92 valence electrons. The van der Waals surface area contributed by atoms with Crippen molar-refractivity contribution in [2.24, 2.45) is 11.7 Å². The summed E-state index contributed by atoms with van der Waals surface area (Å²) in [4.78, 5) is 2.99. The Balaban J connectivity index is 2.01. The lowest BCUT2D eigenvalue weighted by atomic mass is 10.1. The van der Waals surface area contributed by atoms with Gasteiger partial charge in [-0.05, 0) is 31.2 Å². The second-order valence-electron chi connectivity index (χ2n) is 4.93. The van der Waals surface area contributed by atoms with Crippen LogP contribution in [0.15, 0.2) is 30.3 Å². The molecule has 1 fully saturated rings. The molecular formula is C14H20N2S. The van der Waals surface area contributed by atoms with Crippen LogP contribution in [0.5, 0.6) is 0 Å². The summed E-state index contributed by atoms with van der Waals surface area (Å²) in [6.45, 7) is 3.95. The average Bonchev–Trinajstić information content (AvgIpc) is 3.12. The molecule has 2 N–H and O–H groups in total. The molecule has 0 heterocycles. The van der Waals surface area contributed by atoms with Crippen LogP contribution < -0.4 is 5.73 Å². The van der Waals surface area contributed by atoms with Gasteiger partial charge in [0.2, 0.25) is 0 Å². The number of nitrogens with two attached hydrogens (primary N) is 1. The van der Waals surface area contributed by atoms with E-state index in [0.29, 0.717) is 11.0 Å². The molecule has 2 nitrogen and oxygen atoms in total. The molecule has 0 amide bonds. The van der Waals surface area contributed by atoms with Crippen LogP contribution in [0, 0.1) is 5.92 Å². The maximum absolute atomic E-state index is 5.70. The Kier molecular flexibility index (Phi) is 4.13. The number of thiocarbonyl (C=S) groups is 1. The zero-order valence-electron chi connectivity index (χ0n) is 10.3. The number of nitrogens with zero attached hydrogens (tertiary/aromatic N) is 1. The van der Waals surface area contributed by atoms with Gasteiger partial charge in [0.05, 0.1) is 4.99 Å². The van der Waals surface area contributed by atoms with Gasteiger partial charge in [-0.15, -0.1) is 0 Å². The summed E-state index contributed by atoms with van der Waals surface area (Å²) in [5.41, 5.74) is 7.02. The third kappa shape index (κ3) is 3.79. The number of hydrogen-bond acceptors (Lipinski definition) is 2. The van der Waals surface area contributed by atoms with Crippen molar-refractivity contribution in [2.75, 3.05) is 6.54 Å². The van der Waals surface area contributed by atoms with Gasteiger partial charge in [-0.1, -0.05) is 42.5 Å². The molecule has 1 aromatic rings. The summed E-state index contributed by atoms with van der Waals surface area (Å²) in [5, 5.41) is 0. The van der Waals surface area contributed by atoms with E-state index in [1.807, 2.05) is 6.07 Å². The molecule has 2 rings (SSSR count). The standard InChI is InChI=1S/C14H20N2S/c1-11(13-7-8-13)16(10-14(15)17)9-12-5-3-2-4-6-12/h2-6,11,13H,7-10H2,1H3,(H2,15,17). The molecule has 0 aliphatic heterocycles. The van der Waals surface area contributed by atoms with Gasteiger partial charge in [-0.2, -0.15) is 0 Å². The highest BCUT2D eigenvalue weighted by atomic mass is 32.1. The summed E-state index contributed by atoms with van der Waals surface area (Å²) in [6.07, 6.45) is 2.70. The van der Waals surface area contributed by atoms with E-state index in [1.165, 1.54) is 18.4 Å². The van der Waals surface area contributed by atoms with E-state index in [2.05, 4.69) is 36.1 Å². The van der Waals surface area contributed by atoms with Crippen LogP contribution in [0.3, 0.4) is 0 Å². The Morgan fingerprint density at radius 3 is 2.59 bits per heavy atom. The predicted molar refractivity (Wildman–Crippen MR) is 75.8 cm³/mol. The van der Waals surface area contributed by atoms with Gasteiger partial charge in [0.25, 0.3) is 0 Å². The molecule has 1 aliphatic rings. The van der Waals surface area contributed by atoms with Crippen LogP contribution in [0.2, 0.25) is 0 Å². The molecule has 0 saturated heterocycles. The molecule has 17 heavy (non-hydrogen) atoms. The molecule has 1 unspecified atom stereocenters. The fraction of sp³-hybridized carbons (Fsp3) is 0.500. The minimum Gasteiger partial charge on any atom is -0.392 e. The fourth-order valence-electron chi connectivity index (χ4n) is 2.24. The first kappa shape index (κ1) is 12.5. The molecule has 1 aromatic carbocycles. The first-order valence-corrected chi connectivity index (χ1v) is 6.64. The Morgan fingerprint density at radius 2 is 2.06 bits per heavy atom. The van der Waals surface area contributed by atoms with Crippen molar-refractivity contribution < 1.29 is 0 Å². The molecule has 1 atom stereocenters. The Labute approximate surface area is 109 Å². The van der Waals surface area contributed by atoms with E-state index in [-0.39, 0.29) is 0 Å². The largest absolute Gasteiger partial charge is 0.392 e. The highest BCUT2D eigenvalue weighted by molar-refractivity contribution is 7.80. The summed E-state index contributed by atoms with van der Waals surface area (Å²) in [7, 11) is 0. The quantitative estimate of drug-likeness (QED) is 0.785. The van der Waals surface area contributed by atoms with Crippen LogP contribution in [-0.4, -0.2) is 22.5 Å².